The van der Waals surface area contributed by atoms with Crippen molar-refractivity contribution >= 4 is 33.8 Å². The number of ether oxygens (including phenoxy) is 4. The maximum absolute atomic E-state index is 13.6. The third-order valence-electron chi connectivity index (χ3n) is 5.42. The van der Waals surface area contributed by atoms with E-state index in [-0.39, 0.29) is 22.9 Å². The molecular formula is C27H29N3O8S. The summed E-state index contributed by atoms with van der Waals surface area (Å²) in [4.78, 5) is 24.0. The van der Waals surface area contributed by atoms with Gasteiger partial charge in [0, 0.05) is 6.07 Å². The molecule has 1 N–H and O–H groups in total. The lowest BCUT2D eigenvalue weighted by Crippen LogP contribution is -2.39. The van der Waals surface area contributed by atoms with Gasteiger partial charge in [0.25, 0.3) is 15.9 Å². The van der Waals surface area contributed by atoms with E-state index in [0.29, 0.717) is 17.1 Å². The number of nitrogens with zero attached hydrogens (tertiary/aromatic N) is 2. The Morgan fingerprint density at radius 3 is 2.21 bits per heavy atom. The van der Waals surface area contributed by atoms with Crippen LogP contribution >= 0.6 is 0 Å². The van der Waals surface area contributed by atoms with Crippen LogP contribution in [0.25, 0.3) is 0 Å². The van der Waals surface area contributed by atoms with Crippen LogP contribution in [0, 0.1) is 6.92 Å². The number of anilines is 1. The number of benzene rings is 3. The minimum absolute atomic E-state index is 0.0109. The van der Waals surface area contributed by atoms with Crippen LogP contribution in [-0.2, 0) is 24.3 Å². The monoisotopic (exact) mass is 555 g/mol. The normalized spacial score (nSPS) is 11.1. The molecule has 12 heteroatoms. The second-order valence-corrected chi connectivity index (χ2v) is 9.95. The van der Waals surface area contributed by atoms with Crippen molar-refractivity contribution in [3.63, 3.8) is 0 Å². The molecule has 3 aromatic rings. The zero-order valence-electron chi connectivity index (χ0n) is 21.9. The van der Waals surface area contributed by atoms with Crippen LogP contribution in [0.3, 0.4) is 0 Å². The highest BCUT2D eigenvalue weighted by molar-refractivity contribution is 7.92. The molecule has 0 aliphatic carbocycles. The summed E-state index contributed by atoms with van der Waals surface area (Å²) in [5, 5.41) is 3.93. The number of nitrogens with one attached hydrogen (secondary N) is 1. The molecule has 0 aliphatic rings. The summed E-state index contributed by atoms with van der Waals surface area (Å²) in [6.45, 7) is 1.05. The second-order valence-electron chi connectivity index (χ2n) is 8.09. The Bertz CT molecular complexity index is 1420. The van der Waals surface area contributed by atoms with Crippen molar-refractivity contribution in [2.45, 2.75) is 11.8 Å². The average molecular weight is 556 g/mol. The minimum atomic E-state index is -4.16. The van der Waals surface area contributed by atoms with E-state index in [1.165, 1.54) is 51.8 Å². The van der Waals surface area contributed by atoms with Gasteiger partial charge >= 0.3 is 5.97 Å². The number of amides is 1. The van der Waals surface area contributed by atoms with Crippen molar-refractivity contribution in [3.8, 4) is 17.2 Å². The Labute approximate surface area is 227 Å². The van der Waals surface area contributed by atoms with Crippen LogP contribution in [0.1, 0.15) is 11.1 Å². The first kappa shape index (κ1) is 29.0. The van der Waals surface area contributed by atoms with Crippen LogP contribution in [0.15, 0.2) is 76.7 Å². The standard InChI is InChI=1S/C27H29N3O8S/c1-19-5-12-23(13-6-19)39(33,34)30(24-14-11-22(35-2)15-25(24)36-3)17-26(31)29-28-16-20-7-9-21(10-8-20)38-18-27(32)37-4/h5-16H,17-18H2,1-4H3,(H,29,31)/b28-16-. The van der Waals surface area contributed by atoms with E-state index >= 15 is 0 Å². The van der Waals surface area contributed by atoms with Gasteiger partial charge in [0.15, 0.2) is 6.61 Å². The molecule has 0 atom stereocenters. The number of aryl methyl sites for hydroxylation is 1. The quantitative estimate of drug-likeness (QED) is 0.205. The zero-order valence-corrected chi connectivity index (χ0v) is 22.7. The van der Waals surface area contributed by atoms with Gasteiger partial charge < -0.3 is 18.9 Å². The molecule has 0 aliphatic heterocycles. The van der Waals surface area contributed by atoms with Gasteiger partial charge in [0.2, 0.25) is 0 Å². The Hall–Kier alpha value is -4.58. The molecule has 0 radical (unpaired) electrons. The lowest BCUT2D eigenvalue weighted by molar-refractivity contribution is -0.142. The van der Waals surface area contributed by atoms with Crippen LogP contribution in [0.5, 0.6) is 17.2 Å². The summed E-state index contributed by atoms with van der Waals surface area (Å²) in [6.07, 6.45) is 1.38. The fourth-order valence-corrected chi connectivity index (χ4v) is 4.76. The lowest BCUT2D eigenvalue weighted by atomic mass is 10.2. The number of hydrogen-bond donors (Lipinski definition) is 1. The highest BCUT2D eigenvalue weighted by Gasteiger charge is 2.29. The molecule has 0 unspecified atom stereocenters. The van der Waals surface area contributed by atoms with Crippen molar-refractivity contribution < 1.29 is 37.0 Å². The van der Waals surface area contributed by atoms with Crippen molar-refractivity contribution in [3.05, 3.63) is 77.9 Å². The number of hydrogen-bond acceptors (Lipinski definition) is 9. The number of hydrazone groups is 1. The minimum Gasteiger partial charge on any atom is -0.497 e. The SMILES string of the molecule is COC(=O)COc1ccc(/C=N\NC(=O)CN(c2ccc(OC)cc2OC)S(=O)(=O)c2ccc(C)cc2)cc1. The molecule has 0 saturated heterocycles. The van der Waals surface area contributed by atoms with Crippen molar-refractivity contribution in [1.29, 1.82) is 0 Å². The number of methoxy groups -OCH3 is 3. The fraction of sp³-hybridized carbons (Fsp3) is 0.222. The third kappa shape index (κ3) is 7.71. The van der Waals surface area contributed by atoms with E-state index < -0.39 is 28.4 Å². The van der Waals surface area contributed by atoms with Crippen molar-refractivity contribution in [2.24, 2.45) is 5.10 Å². The molecule has 3 aromatic carbocycles. The first-order chi connectivity index (χ1) is 18.7. The second kappa shape index (κ2) is 13.3. The van der Waals surface area contributed by atoms with Gasteiger partial charge in [-0.3, -0.25) is 9.10 Å². The molecular weight excluding hydrogens is 526 g/mol. The van der Waals surface area contributed by atoms with Gasteiger partial charge in [-0.1, -0.05) is 17.7 Å². The highest BCUT2D eigenvalue weighted by atomic mass is 32.2. The van der Waals surface area contributed by atoms with Crippen LogP contribution in [0.2, 0.25) is 0 Å². The number of carbonyl (C=O) groups excluding carboxylic acids is 2. The van der Waals surface area contributed by atoms with E-state index in [9.17, 15) is 18.0 Å². The van der Waals surface area contributed by atoms with E-state index in [4.69, 9.17) is 14.2 Å². The van der Waals surface area contributed by atoms with Gasteiger partial charge in [-0.15, -0.1) is 0 Å². The Kier molecular flexibility index (Phi) is 9.87. The van der Waals surface area contributed by atoms with Crippen LogP contribution in [-0.4, -0.2) is 61.0 Å². The largest absolute Gasteiger partial charge is 0.497 e. The topological polar surface area (TPSA) is 133 Å². The zero-order chi connectivity index (χ0) is 28.4. The first-order valence-corrected chi connectivity index (χ1v) is 13.0. The molecule has 3 rings (SSSR count). The molecule has 0 aromatic heterocycles. The fourth-order valence-electron chi connectivity index (χ4n) is 3.32. The van der Waals surface area contributed by atoms with Crippen LogP contribution in [0.4, 0.5) is 5.69 Å². The summed E-state index contributed by atoms with van der Waals surface area (Å²) in [5.41, 5.74) is 4.02. The number of rotatable bonds is 12. The molecule has 39 heavy (non-hydrogen) atoms. The van der Waals surface area contributed by atoms with Crippen molar-refractivity contribution in [1.82, 2.24) is 5.43 Å². The smallest absolute Gasteiger partial charge is 0.343 e. The molecule has 0 bridgehead atoms. The highest BCUT2D eigenvalue weighted by Crippen LogP contribution is 2.35. The Morgan fingerprint density at radius 1 is 0.923 bits per heavy atom. The Morgan fingerprint density at radius 2 is 1.59 bits per heavy atom. The predicted molar refractivity (Wildman–Crippen MR) is 145 cm³/mol. The van der Waals surface area contributed by atoms with Gasteiger partial charge in [0.05, 0.1) is 38.1 Å². The van der Waals surface area contributed by atoms with E-state index in [1.807, 2.05) is 6.92 Å². The molecule has 0 spiro atoms. The molecule has 0 heterocycles. The summed E-state index contributed by atoms with van der Waals surface area (Å²) in [5.74, 6) is -0.0752. The van der Waals surface area contributed by atoms with Gasteiger partial charge in [-0.2, -0.15) is 5.10 Å². The van der Waals surface area contributed by atoms with E-state index in [0.717, 1.165) is 9.87 Å². The van der Waals surface area contributed by atoms with E-state index in [2.05, 4.69) is 15.3 Å². The number of sulfonamides is 1. The van der Waals surface area contributed by atoms with Gasteiger partial charge in [0.1, 0.15) is 23.8 Å². The van der Waals surface area contributed by atoms with Gasteiger partial charge in [-0.05, 0) is 61.0 Å². The van der Waals surface area contributed by atoms with Gasteiger partial charge in [-0.25, -0.2) is 18.6 Å². The average Bonchev–Trinajstić information content (AvgIpc) is 2.95. The number of esters is 1. The number of carbonyl (C=O) groups is 2. The molecule has 0 fully saturated rings. The first-order valence-electron chi connectivity index (χ1n) is 11.6. The maximum Gasteiger partial charge on any atom is 0.343 e. The molecule has 0 saturated carbocycles. The summed E-state index contributed by atoms with van der Waals surface area (Å²) >= 11 is 0. The predicted octanol–water partition coefficient (Wildman–Crippen LogP) is 2.91. The lowest BCUT2D eigenvalue weighted by Gasteiger charge is -2.25. The summed E-state index contributed by atoms with van der Waals surface area (Å²) in [6, 6.07) is 17.5. The maximum atomic E-state index is 13.6. The summed E-state index contributed by atoms with van der Waals surface area (Å²) in [7, 11) is -0.0229. The van der Waals surface area contributed by atoms with Crippen LogP contribution < -0.4 is 23.9 Å². The molecule has 206 valence electrons. The summed E-state index contributed by atoms with van der Waals surface area (Å²) < 4.78 is 48.6. The third-order valence-corrected chi connectivity index (χ3v) is 7.19. The van der Waals surface area contributed by atoms with E-state index in [1.54, 1.807) is 42.5 Å². The molecule has 1 amide bonds. The Balaban J connectivity index is 1.79. The molecule has 11 nitrogen and oxygen atoms in total. The van der Waals surface area contributed by atoms with Crippen molar-refractivity contribution in [2.75, 3.05) is 38.8 Å².